The van der Waals surface area contributed by atoms with Crippen LogP contribution in [-0.2, 0) is 4.79 Å². The molecule has 0 radical (unpaired) electrons. The largest absolute Gasteiger partial charge is 0.300 e. The van der Waals surface area contributed by atoms with Crippen LogP contribution in [0.3, 0.4) is 0 Å². The molecule has 96 valence electrons. The fourth-order valence-electron chi connectivity index (χ4n) is 2.27. The molecule has 0 heterocycles. The highest BCUT2D eigenvalue weighted by Crippen LogP contribution is 2.12. The molecule has 0 aromatic rings. The molecule has 0 aromatic heterocycles. The van der Waals surface area contributed by atoms with Gasteiger partial charge in [0.25, 0.3) is 0 Å². The van der Waals surface area contributed by atoms with E-state index < -0.39 is 0 Å². The van der Waals surface area contributed by atoms with Gasteiger partial charge in [-0.25, -0.2) is 0 Å². The highest BCUT2D eigenvalue weighted by molar-refractivity contribution is 5.78. The lowest BCUT2D eigenvalue weighted by atomic mass is 10.0. The van der Waals surface area contributed by atoms with Crippen LogP contribution in [0.4, 0.5) is 0 Å². The summed E-state index contributed by atoms with van der Waals surface area (Å²) in [6.45, 7) is 0. The predicted octanol–water partition coefficient (Wildman–Crippen LogP) is 4.64. The summed E-state index contributed by atoms with van der Waals surface area (Å²) in [4.78, 5) is 11.5. The van der Waals surface area contributed by atoms with Crippen LogP contribution in [-0.4, -0.2) is 5.78 Å². The summed E-state index contributed by atoms with van der Waals surface area (Å²) in [5, 5.41) is 0. The molecular formula is C16H26O. The maximum absolute atomic E-state index is 11.5. The second kappa shape index (κ2) is 10.4. The van der Waals surface area contributed by atoms with E-state index in [1.54, 1.807) is 0 Å². The Bertz CT molecular complexity index is 256. The number of carbonyl (C=O) groups excluding carboxylic acids is 1. The van der Waals surface area contributed by atoms with Gasteiger partial charge >= 0.3 is 0 Å². The molecule has 0 N–H and O–H groups in total. The topological polar surface area (TPSA) is 17.1 Å². The number of hydrogen-bond acceptors (Lipinski definition) is 1. The molecule has 0 fully saturated rings. The molecule has 1 aliphatic carbocycles. The van der Waals surface area contributed by atoms with Crippen molar-refractivity contribution in [1.82, 2.24) is 0 Å². The first-order valence-corrected chi connectivity index (χ1v) is 7.37. The third-order valence-electron chi connectivity index (χ3n) is 3.39. The highest BCUT2D eigenvalue weighted by Gasteiger charge is 2.01. The van der Waals surface area contributed by atoms with E-state index >= 15 is 0 Å². The van der Waals surface area contributed by atoms with Crippen LogP contribution in [0.2, 0.25) is 0 Å². The molecule has 0 atom stereocenters. The number of carbonyl (C=O) groups is 1. The summed E-state index contributed by atoms with van der Waals surface area (Å²) >= 11 is 0. The number of rotatable bonds is 0. The van der Waals surface area contributed by atoms with E-state index in [0.717, 1.165) is 38.5 Å². The molecule has 0 aromatic carbocycles. The second-order valence-electron chi connectivity index (χ2n) is 5.07. The molecule has 17 heavy (non-hydrogen) atoms. The molecule has 1 aliphatic rings. The molecule has 0 amide bonds. The van der Waals surface area contributed by atoms with E-state index in [1.165, 1.54) is 44.9 Å². The summed E-state index contributed by atoms with van der Waals surface area (Å²) in [5.74, 6) is 6.85. The summed E-state index contributed by atoms with van der Waals surface area (Å²) < 4.78 is 0. The number of hydrogen-bond donors (Lipinski definition) is 0. The standard InChI is InChI=1S/C16H26O/c17-16-14-12-10-8-6-4-2-1-3-5-7-9-11-13-15-16/h1-6,8,10-15H2. The van der Waals surface area contributed by atoms with Crippen molar-refractivity contribution in [2.24, 2.45) is 0 Å². The molecule has 0 saturated carbocycles. The van der Waals surface area contributed by atoms with Gasteiger partial charge in [-0.3, -0.25) is 4.79 Å². The monoisotopic (exact) mass is 234 g/mol. The van der Waals surface area contributed by atoms with E-state index in [9.17, 15) is 4.79 Å². The minimum atomic E-state index is 0.443. The van der Waals surface area contributed by atoms with Crippen molar-refractivity contribution in [3.63, 3.8) is 0 Å². The maximum Gasteiger partial charge on any atom is 0.132 e. The van der Waals surface area contributed by atoms with Crippen molar-refractivity contribution in [2.75, 3.05) is 0 Å². The van der Waals surface area contributed by atoms with Crippen LogP contribution >= 0.6 is 0 Å². The summed E-state index contributed by atoms with van der Waals surface area (Å²) in [7, 11) is 0. The third kappa shape index (κ3) is 8.98. The van der Waals surface area contributed by atoms with Gasteiger partial charge in [0.2, 0.25) is 0 Å². The van der Waals surface area contributed by atoms with Crippen molar-refractivity contribution in [1.29, 1.82) is 0 Å². The zero-order valence-corrected chi connectivity index (χ0v) is 11.1. The predicted molar refractivity (Wildman–Crippen MR) is 72.8 cm³/mol. The van der Waals surface area contributed by atoms with Gasteiger partial charge in [-0.1, -0.05) is 38.5 Å². The fourth-order valence-corrected chi connectivity index (χ4v) is 2.27. The van der Waals surface area contributed by atoms with E-state index in [-0.39, 0.29) is 0 Å². The zero-order chi connectivity index (χ0) is 12.2. The van der Waals surface area contributed by atoms with Crippen molar-refractivity contribution < 1.29 is 4.79 Å². The van der Waals surface area contributed by atoms with Crippen molar-refractivity contribution in [3.05, 3.63) is 0 Å². The first-order chi connectivity index (χ1) is 8.39. The smallest absolute Gasteiger partial charge is 0.132 e. The van der Waals surface area contributed by atoms with Crippen molar-refractivity contribution >= 4 is 5.78 Å². The van der Waals surface area contributed by atoms with Crippen LogP contribution in [0.15, 0.2) is 0 Å². The molecule has 1 rings (SSSR count). The quantitative estimate of drug-likeness (QED) is 0.558. The Balaban J connectivity index is 2.21. The third-order valence-corrected chi connectivity index (χ3v) is 3.39. The Morgan fingerprint density at radius 3 is 1.76 bits per heavy atom. The second-order valence-corrected chi connectivity index (χ2v) is 5.07. The lowest BCUT2D eigenvalue weighted by Gasteiger charge is -2.02. The van der Waals surface area contributed by atoms with E-state index in [1.807, 2.05) is 0 Å². The van der Waals surface area contributed by atoms with E-state index in [0.29, 0.717) is 5.78 Å². The molecule has 1 nitrogen and oxygen atoms in total. The van der Waals surface area contributed by atoms with Crippen LogP contribution in [0.25, 0.3) is 0 Å². The Kier molecular flexibility index (Phi) is 8.73. The average Bonchev–Trinajstić information content (AvgIpc) is 2.32. The normalized spacial score (nSPS) is 21.5. The Hall–Kier alpha value is -0.770. The Labute approximate surface area is 106 Å². The Morgan fingerprint density at radius 2 is 1.06 bits per heavy atom. The summed E-state index contributed by atoms with van der Waals surface area (Å²) in [6, 6.07) is 0. The van der Waals surface area contributed by atoms with Gasteiger partial charge in [0.05, 0.1) is 0 Å². The zero-order valence-electron chi connectivity index (χ0n) is 11.1. The maximum atomic E-state index is 11.5. The van der Waals surface area contributed by atoms with Gasteiger partial charge in [0.15, 0.2) is 0 Å². The fraction of sp³-hybridized carbons (Fsp3) is 0.812. The average molecular weight is 234 g/mol. The van der Waals surface area contributed by atoms with Gasteiger partial charge in [0, 0.05) is 25.7 Å². The lowest BCUT2D eigenvalue weighted by molar-refractivity contribution is -0.119. The molecule has 0 saturated heterocycles. The van der Waals surface area contributed by atoms with Crippen LogP contribution in [0.1, 0.15) is 83.5 Å². The molecule has 0 aliphatic heterocycles. The van der Waals surface area contributed by atoms with E-state index in [2.05, 4.69) is 11.8 Å². The molecule has 0 unspecified atom stereocenters. The van der Waals surface area contributed by atoms with Gasteiger partial charge in [-0.15, -0.1) is 11.8 Å². The summed E-state index contributed by atoms with van der Waals surface area (Å²) in [5.41, 5.74) is 0. The van der Waals surface area contributed by atoms with E-state index in [4.69, 9.17) is 0 Å². The SMILES string of the molecule is O=C1CCCC#CCCCCCCCCCC1. The van der Waals surface area contributed by atoms with Gasteiger partial charge in [-0.05, 0) is 19.3 Å². The molecular weight excluding hydrogens is 208 g/mol. The molecule has 0 spiro atoms. The van der Waals surface area contributed by atoms with Crippen LogP contribution in [0.5, 0.6) is 0 Å². The number of ketones is 1. The Morgan fingerprint density at radius 1 is 0.588 bits per heavy atom. The van der Waals surface area contributed by atoms with Gasteiger partial charge < -0.3 is 0 Å². The van der Waals surface area contributed by atoms with Crippen molar-refractivity contribution in [2.45, 2.75) is 83.5 Å². The van der Waals surface area contributed by atoms with Crippen LogP contribution in [0, 0.1) is 11.8 Å². The number of Topliss-reactive ketones (excluding diaryl/α,β-unsaturated/α-hetero) is 1. The first-order valence-electron chi connectivity index (χ1n) is 7.37. The minimum Gasteiger partial charge on any atom is -0.300 e. The van der Waals surface area contributed by atoms with Gasteiger partial charge in [0.1, 0.15) is 5.78 Å². The summed E-state index contributed by atoms with van der Waals surface area (Å²) in [6.07, 6.45) is 14.8. The highest BCUT2D eigenvalue weighted by atomic mass is 16.1. The molecule has 0 bridgehead atoms. The first kappa shape index (κ1) is 14.3. The van der Waals surface area contributed by atoms with Crippen LogP contribution < -0.4 is 0 Å². The lowest BCUT2D eigenvalue weighted by Crippen LogP contribution is -1.97. The molecule has 1 heteroatoms. The minimum absolute atomic E-state index is 0.443. The van der Waals surface area contributed by atoms with Gasteiger partial charge in [-0.2, -0.15) is 0 Å². The van der Waals surface area contributed by atoms with Crippen molar-refractivity contribution in [3.8, 4) is 11.8 Å².